The van der Waals surface area contributed by atoms with Crippen molar-refractivity contribution < 1.29 is 23.1 Å². The summed E-state index contributed by atoms with van der Waals surface area (Å²) in [6, 6.07) is 10.5. The molecule has 0 bridgehead atoms. The van der Waals surface area contributed by atoms with Gasteiger partial charge in [0, 0.05) is 24.3 Å². The number of halogens is 2. The Bertz CT molecular complexity index is 912. The highest BCUT2D eigenvalue weighted by atomic mass is 19.1. The summed E-state index contributed by atoms with van der Waals surface area (Å²) in [5, 5.41) is 6.53. The average Bonchev–Trinajstić information content (AvgIpc) is 3.37. The first-order valence-electron chi connectivity index (χ1n) is 9.24. The van der Waals surface area contributed by atoms with Gasteiger partial charge in [-0.05, 0) is 54.7 Å². The molecule has 1 N–H and O–H groups in total. The molecule has 1 aliphatic carbocycles. The lowest BCUT2D eigenvalue weighted by atomic mass is 10.0. The fraction of sp³-hybridized carbons (Fsp3) is 0.333. The van der Waals surface area contributed by atoms with Crippen LogP contribution in [0.2, 0.25) is 0 Å². The van der Waals surface area contributed by atoms with Gasteiger partial charge in [0.25, 0.3) is 5.91 Å². The van der Waals surface area contributed by atoms with E-state index in [9.17, 15) is 13.6 Å². The van der Waals surface area contributed by atoms with Crippen LogP contribution in [-0.4, -0.2) is 24.3 Å². The first-order valence-corrected chi connectivity index (χ1v) is 9.24. The van der Waals surface area contributed by atoms with Gasteiger partial charge in [-0.25, -0.2) is 8.78 Å². The van der Waals surface area contributed by atoms with Crippen LogP contribution in [0.25, 0.3) is 0 Å². The molecular weight excluding hydrogens is 366 g/mol. The molecule has 146 valence electrons. The van der Waals surface area contributed by atoms with Gasteiger partial charge in [0.1, 0.15) is 11.6 Å². The van der Waals surface area contributed by atoms with E-state index in [1.807, 2.05) is 18.2 Å². The first kappa shape index (κ1) is 18.6. The predicted molar refractivity (Wildman–Crippen MR) is 99.8 cm³/mol. The Labute approximate surface area is 161 Å². The Hall–Kier alpha value is -2.80. The van der Waals surface area contributed by atoms with Crippen LogP contribution in [0.1, 0.15) is 30.4 Å². The normalized spacial score (nSPS) is 18.5. The molecule has 0 radical (unpaired) electrons. The minimum absolute atomic E-state index is 0.00473. The van der Waals surface area contributed by atoms with Gasteiger partial charge in [-0.15, -0.1) is 0 Å². The van der Waals surface area contributed by atoms with Crippen molar-refractivity contribution in [2.45, 2.75) is 32.0 Å². The minimum Gasteiger partial charge on any atom is -0.382 e. The third-order valence-corrected chi connectivity index (χ3v) is 4.71. The Morgan fingerprint density at radius 3 is 2.89 bits per heavy atom. The van der Waals surface area contributed by atoms with Crippen LogP contribution in [0.15, 0.2) is 47.6 Å². The van der Waals surface area contributed by atoms with Crippen molar-refractivity contribution in [3.63, 3.8) is 0 Å². The molecule has 1 atom stereocenters. The number of nitrogens with one attached hydrogen (secondary N) is 1. The number of nitrogens with zero attached hydrogens (tertiary/aromatic N) is 1. The van der Waals surface area contributed by atoms with Crippen LogP contribution >= 0.6 is 0 Å². The lowest BCUT2D eigenvalue weighted by Gasteiger charge is -2.11. The van der Waals surface area contributed by atoms with Crippen molar-refractivity contribution in [3.05, 3.63) is 65.2 Å². The molecule has 2 aliphatic rings. The predicted octanol–water partition coefficient (Wildman–Crippen LogP) is 4.02. The van der Waals surface area contributed by atoms with Crippen LogP contribution in [0.3, 0.4) is 0 Å². The molecule has 5 nitrogen and oxygen atoms in total. The number of hydrogen-bond acceptors (Lipinski definition) is 4. The molecule has 1 heterocycles. The van der Waals surface area contributed by atoms with E-state index >= 15 is 0 Å². The van der Waals surface area contributed by atoms with E-state index in [1.165, 1.54) is 12.8 Å². The number of amides is 1. The van der Waals surface area contributed by atoms with Crippen molar-refractivity contribution in [2.24, 2.45) is 11.1 Å². The maximum atomic E-state index is 13.9. The fourth-order valence-corrected chi connectivity index (χ4v) is 2.99. The molecule has 1 aliphatic heterocycles. The average molecular weight is 386 g/mol. The third kappa shape index (κ3) is 4.54. The fourth-order valence-electron chi connectivity index (χ4n) is 2.99. The molecule has 0 saturated heterocycles. The molecule has 2 aromatic rings. The summed E-state index contributed by atoms with van der Waals surface area (Å²) >= 11 is 0. The van der Waals surface area contributed by atoms with E-state index in [0.29, 0.717) is 18.2 Å². The molecular formula is C21H20F2N2O3. The van der Waals surface area contributed by atoms with E-state index in [-0.39, 0.29) is 17.7 Å². The minimum atomic E-state index is -0.896. The first-order chi connectivity index (χ1) is 13.6. The molecule has 0 spiro atoms. The Balaban J connectivity index is 1.33. The summed E-state index contributed by atoms with van der Waals surface area (Å²) in [6.45, 7) is 1.26. The van der Waals surface area contributed by atoms with Gasteiger partial charge in [-0.3, -0.25) is 4.79 Å². The Kier molecular flexibility index (Phi) is 5.34. The number of anilines is 1. The van der Waals surface area contributed by atoms with Crippen molar-refractivity contribution in [1.29, 1.82) is 0 Å². The van der Waals surface area contributed by atoms with Crippen molar-refractivity contribution in [3.8, 4) is 0 Å². The zero-order chi connectivity index (χ0) is 19.5. The summed E-state index contributed by atoms with van der Waals surface area (Å²) in [6.07, 6.45) is 1.64. The monoisotopic (exact) mass is 386 g/mol. The van der Waals surface area contributed by atoms with Crippen LogP contribution < -0.4 is 5.32 Å². The lowest BCUT2D eigenvalue weighted by Crippen LogP contribution is -2.28. The highest BCUT2D eigenvalue weighted by Crippen LogP contribution is 2.29. The third-order valence-electron chi connectivity index (χ3n) is 4.71. The van der Waals surface area contributed by atoms with Crippen molar-refractivity contribution >= 4 is 17.3 Å². The van der Waals surface area contributed by atoms with Gasteiger partial charge in [0.2, 0.25) is 6.10 Å². The smallest absolute Gasteiger partial charge is 0.268 e. The SMILES string of the molecule is O=C(Nc1cccc(COCC2CC2)c1)C1CC(c2cc(F)ccc2F)=NO1. The second kappa shape index (κ2) is 8.06. The van der Waals surface area contributed by atoms with Gasteiger partial charge in [0.15, 0.2) is 0 Å². The summed E-state index contributed by atoms with van der Waals surface area (Å²) in [5.41, 5.74) is 1.79. The van der Waals surface area contributed by atoms with E-state index in [0.717, 1.165) is 30.4 Å². The van der Waals surface area contributed by atoms with Crippen LogP contribution in [-0.2, 0) is 21.0 Å². The topological polar surface area (TPSA) is 59.9 Å². The Morgan fingerprint density at radius 1 is 1.21 bits per heavy atom. The number of hydrogen-bond donors (Lipinski definition) is 1. The van der Waals surface area contributed by atoms with Gasteiger partial charge < -0.3 is 14.9 Å². The van der Waals surface area contributed by atoms with Crippen LogP contribution in [0.4, 0.5) is 14.5 Å². The molecule has 1 saturated carbocycles. The van der Waals surface area contributed by atoms with Crippen molar-refractivity contribution in [1.82, 2.24) is 0 Å². The second-order valence-electron chi connectivity index (χ2n) is 7.11. The molecule has 0 aromatic heterocycles. The van der Waals surface area contributed by atoms with Crippen LogP contribution in [0.5, 0.6) is 0 Å². The van der Waals surface area contributed by atoms with E-state index in [4.69, 9.17) is 9.57 Å². The summed E-state index contributed by atoms with van der Waals surface area (Å²) in [7, 11) is 0. The van der Waals surface area contributed by atoms with Crippen LogP contribution in [0, 0.1) is 17.6 Å². The molecule has 7 heteroatoms. The molecule has 1 amide bonds. The molecule has 4 rings (SSSR count). The number of rotatable bonds is 7. The maximum absolute atomic E-state index is 13.9. The number of carbonyl (C=O) groups excluding carboxylic acids is 1. The van der Waals surface area contributed by atoms with E-state index in [2.05, 4.69) is 10.5 Å². The lowest BCUT2D eigenvalue weighted by molar-refractivity contribution is -0.125. The number of carbonyl (C=O) groups is 1. The summed E-state index contributed by atoms with van der Waals surface area (Å²) in [5.74, 6) is -0.887. The highest BCUT2D eigenvalue weighted by molar-refractivity contribution is 6.06. The second-order valence-corrected chi connectivity index (χ2v) is 7.11. The van der Waals surface area contributed by atoms with E-state index < -0.39 is 23.6 Å². The molecule has 1 unspecified atom stereocenters. The van der Waals surface area contributed by atoms with E-state index in [1.54, 1.807) is 6.07 Å². The zero-order valence-corrected chi connectivity index (χ0v) is 15.2. The van der Waals surface area contributed by atoms with Gasteiger partial charge in [-0.2, -0.15) is 0 Å². The molecule has 28 heavy (non-hydrogen) atoms. The highest BCUT2D eigenvalue weighted by Gasteiger charge is 2.30. The number of oxime groups is 1. The van der Waals surface area contributed by atoms with Gasteiger partial charge in [0.05, 0.1) is 12.3 Å². The maximum Gasteiger partial charge on any atom is 0.268 e. The van der Waals surface area contributed by atoms with Gasteiger partial charge in [-0.1, -0.05) is 17.3 Å². The largest absolute Gasteiger partial charge is 0.382 e. The van der Waals surface area contributed by atoms with Gasteiger partial charge >= 0.3 is 0 Å². The Morgan fingerprint density at radius 2 is 2.07 bits per heavy atom. The molecule has 2 aromatic carbocycles. The molecule has 1 fully saturated rings. The standard InChI is InChI=1S/C21H20F2N2O3/c22-15-6-7-18(23)17(9-15)19-10-20(28-25-19)21(26)24-16-3-1-2-14(8-16)12-27-11-13-4-5-13/h1-3,6-9,13,20H,4-5,10-12H2,(H,24,26). The zero-order valence-electron chi connectivity index (χ0n) is 15.2. The number of benzene rings is 2. The summed E-state index contributed by atoms with van der Waals surface area (Å²) < 4.78 is 32.9. The number of ether oxygens (including phenoxy) is 1. The van der Waals surface area contributed by atoms with Crippen molar-refractivity contribution in [2.75, 3.05) is 11.9 Å². The quantitative estimate of drug-likeness (QED) is 0.782. The summed E-state index contributed by atoms with van der Waals surface area (Å²) in [4.78, 5) is 17.6.